The Hall–Kier alpha value is -1.55. The van der Waals surface area contributed by atoms with E-state index >= 15 is 0 Å². The van der Waals surface area contributed by atoms with Gasteiger partial charge in [-0.1, -0.05) is 6.07 Å². The summed E-state index contributed by atoms with van der Waals surface area (Å²) in [5, 5.41) is 4.62. The van der Waals surface area contributed by atoms with Gasteiger partial charge in [0.2, 0.25) is 15.9 Å². The number of sulfonamides is 1. The molecule has 0 saturated carbocycles. The number of thioether (sulfide) groups is 1. The summed E-state index contributed by atoms with van der Waals surface area (Å²) < 4.78 is 32.5. The molecule has 0 aliphatic heterocycles. The molecule has 1 aromatic carbocycles. The standard InChI is InChI=1S/C16H20N2O4S3/c1-12(19)18-15-6-5-14(10-16(15)22-2)25(20,21)17-7-9-23-11-13-4-3-8-24-13/h3-6,8,10,17H,7,9,11H2,1-2H3,(H,18,19). The number of hydrogen-bond acceptors (Lipinski definition) is 6. The van der Waals surface area contributed by atoms with Gasteiger partial charge in [0, 0.05) is 35.9 Å². The number of carbonyl (C=O) groups excluding carboxylic acids is 1. The number of nitrogens with one attached hydrogen (secondary N) is 2. The molecule has 2 aromatic rings. The molecule has 0 atom stereocenters. The van der Waals surface area contributed by atoms with Crippen LogP contribution < -0.4 is 14.8 Å². The Balaban J connectivity index is 1.92. The molecule has 25 heavy (non-hydrogen) atoms. The number of methoxy groups -OCH3 is 1. The lowest BCUT2D eigenvalue weighted by Crippen LogP contribution is -2.26. The Morgan fingerprint density at radius 2 is 2.12 bits per heavy atom. The zero-order valence-corrected chi connectivity index (χ0v) is 16.4. The normalized spacial score (nSPS) is 11.3. The van der Waals surface area contributed by atoms with E-state index in [0.29, 0.717) is 23.7 Å². The maximum Gasteiger partial charge on any atom is 0.240 e. The maximum absolute atomic E-state index is 12.4. The highest BCUT2D eigenvalue weighted by Gasteiger charge is 2.16. The minimum absolute atomic E-state index is 0.0988. The van der Waals surface area contributed by atoms with E-state index in [1.54, 1.807) is 23.1 Å². The largest absolute Gasteiger partial charge is 0.495 e. The van der Waals surface area contributed by atoms with Crippen LogP contribution in [0.5, 0.6) is 5.75 Å². The Morgan fingerprint density at radius 3 is 2.76 bits per heavy atom. The van der Waals surface area contributed by atoms with Crippen LogP contribution in [0.1, 0.15) is 11.8 Å². The highest BCUT2D eigenvalue weighted by atomic mass is 32.2. The van der Waals surface area contributed by atoms with Gasteiger partial charge in [0.25, 0.3) is 0 Å². The zero-order valence-electron chi connectivity index (χ0n) is 13.9. The Labute approximate surface area is 156 Å². The fourth-order valence-corrected chi connectivity index (χ4v) is 4.91. The van der Waals surface area contributed by atoms with E-state index in [1.165, 1.54) is 37.1 Å². The lowest BCUT2D eigenvalue weighted by molar-refractivity contribution is -0.114. The predicted octanol–water partition coefficient (Wildman–Crippen LogP) is 2.93. The van der Waals surface area contributed by atoms with Crippen molar-refractivity contribution in [2.24, 2.45) is 0 Å². The van der Waals surface area contributed by atoms with Crippen molar-refractivity contribution in [3.63, 3.8) is 0 Å². The molecular formula is C16H20N2O4S3. The molecule has 0 spiro atoms. The van der Waals surface area contributed by atoms with Crippen molar-refractivity contribution in [3.05, 3.63) is 40.6 Å². The molecule has 9 heteroatoms. The molecule has 1 amide bonds. The van der Waals surface area contributed by atoms with Crippen molar-refractivity contribution in [1.29, 1.82) is 0 Å². The fraction of sp³-hybridized carbons (Fsp3) is 0.312. The molecule has 0 bridgehead atoms. The third-order valence-electron chi connectivity index (χ3n) is 3.16. The van der Waals surface area contributed by atoms with Gasteiger partial charge in [-0.25, -0.2) is 13.1 Å². The topological polar surface area (TPSA) is 84.5 Å². The summed E-state index contributed by atoms with van der Waals surface area (Å²) in [6.45, 7) is 1.72. The molecule has 0 fully saturated rings. The third-order valence-corrected chi connectivity index (χ3v) is 6.68. The first-order chi connectivity index (χ1) is 11.9. The quantitative estimate of drug-likeness (QED) is 0.632. The second kappa shape index (κ2) is 9.23. The molecule has 0 radical (unpaired) electrons. The van der Waals surface area contributed by atoms with E-state index in [1.807, 2.05) is 11.4 Å². The van der Waals surface area contributed by atoms with Crippen molar-refractivity contribution in [2.45, 2.75) is 17.6 Å². The summed E-state index contributed by atoms with van der Waals surface area (Å²) in [6.07, 6.45) is 0. The van der Waals surface area contributed by atoms with Crippen molar-refractivity contribution in [1.82, 2.24) is 4.72 Å². The fourth-order valence-electron chi connectivity index (χ4n) is 2.03. The molecule has 1 heterocycles. The molecule has 136 valence electrons. The van der Waals surface area contributed by atoms with Gasteiger partial charge in [-0.2, -0.15) is 11.8 Å². The lowest BCUT2D eigenvalue weighted by atomic mass is 10.3. The number of ether oxygens (including phenoxy) is 1. The van der Waals surface area contributed by atoms with Gasteiger partial charge in [-0.3, -0.25) is 4.79 Å². The Morgan fingerprint density at radius 1 is 1.32 bits per heavy atom. The second-order valence-electron chi connectivity index (χ2n) is 5.07. The molecule has 2 N–H and O–H groups in total. The Kier molecular flexibility index (Phi) is 7.30. The summed E-state index contributed by atoms with van der Waals surface area (Å²) in [6, 6.07) is 8.41. The van der Waals surface area contributed by atoms with Crippen LogP contribution in [0.3, 0.4) is 0 Å². The molecule has 0 aliphatic carbocycles. The van der Waals surface area contributed by atoms with Crippen LogP contribution in [0.4, 0.5) is 5.69 Å². The van der Waals surface area contributed by atoms with Crippen LogP contribution in [0.2, 0.25) is 0 Å². The molecular weight excluding hydrogens is 380 g/mol. The molecule has 0 aliphatic rings. The number of thiophene rings is 1. The van der Waals surface area contributed by atoms with Gasteiger partial charge in [0.15, 0.2) is 0 Å². The molecule has 2 rings (SSSR count). The second-order valence-corrected chi connectivity index (χ2v) is 8.98. The third kappa shape index (κ3) is 6.03. The first-order valence-electron chi connectivity index (χ1n) is 7.48. The van der Waals surface area contributed by atoms with E-state index in [4.69, 9.17) is 4.74 Å². The van der Waals surface area contributed by atoms with Crippen LogP contribution in [0.25, 0.3) is 0 Å². The maximum atomic E-state index is 12.4. The Bertz CT molecular complexity index is 805. The zero-order chi connectivity index (χ0) is 18.3. The smallest absolute Gasteiger partial charge is 0.240 e. The van der Waals surface area contributed by atoms with Crippen molar-refractivity contribution < 1.29 is 17.9 Å². The minimum Gasteiger partial charge on any atom is -0.495 e. The van der Waals surface area contributed by atoms with E-state index in [2.05, 4.69) is 16.1 Å². The lowest BCUT2D eigenvalue weighted by Gasteiger charge is -2.12. The number of hydrogen-bond donors (Lipinski definition) is 2. The number of rotatable bonds is 9. The first kappa shape index (κ1) is 19.8. The molecule has 1 aromatic heterocycles. The highest BCUT2D eigenvalue weighted by Crippen LogP contribution is 2.27. The summed E-state index contributed by atoms with van der Waals surface area (Å²) in [5.74, 6) is 1.59. The summed E-state index contributed by atoms with van der Waals surface area (Å²) in [7, 11) is -2.20. The average Bonchev–Trinajstić information content (AvgIpc) is 3.07. The van der Waals surface area contributed by atoms with Crippen molar-refractivity contribution in [2.75, 3.05) is 24.7 Å². The molecule has 6 nitrogen and oxygen atoms in total. The SMILES string of the molecule is COc1cc(S(=O)(=O)NCCSCc2cccs2)ccc1NC(C)=O. The number of benzene rings is 1. The van der Waals surface area contributed by atoms with Gasteiger partial charge in [-0.15, -0.1) is 11.3 Å². The van der Waals surface area contributed by atoms with Crippen molar-refractivity contribution >= 4 is 44.7 Å². The average molecular weight is 401 g/mol. The predicted molar refractivity (Wildman–Crippen MR) is 103 cm³/mol. The minimum atomic E-state index is -3.63. The van der Waals surface area contributed by atoms with Crippen LogP contribution >= 0.6 is 23.1 Å². The van der Waals surface area contributed by atoms with Crippen LogP contribution in [0.15, 0.2) is 40.6 Å². The summed E-state index contributed by atoms with van der Waals surface area (Å²) in [5.41, 5.74) is 0.431. The number of anilines is 1. The van der Waals surface area contributed by atoms with E-state index in [9.17, 15) is 13.2 Å². The number of carbonyl (C=O) groups is 1. The van der Waals surface area contributed by atoms with Gasteiger partial charge >= 0.3 is 0 Å². The van der Waals surface area contributed by atoms with E-state index in [-0.39, 0.29) is 10.8 Å². The van der Waals surface area contributed by atoms with E-state index < -0.39 is 10.0 Å². The van der Waals surface area contributed by atoms with Crippen LogP contribution in [0, 0.1) is 0 Å². The molecule has 0 saturated heterocycles. The van der Waals surface area contributed by atoms with E-state index in [0.717, 1.165) is 5.75 Å². The molecule has 0 unspecified atom stereocenters. The van der Waals surface area contributed by atoms with Gasteiger partial charge in [-0.05, 0) is 23.6 Å². The van der Waals surface area contributed by atoms with Crippen molar-refractivity contribution in [3.8, 4) is 5.75 Å². The first-order valence-corrected chi connectivity index (χ1v) is 11.0. The summed E-state index contributed by atoms with van der Waals surface area (Å²) in [4.78, 5) is 12.5. The number of amides is 1. The summed E-state index contributed by atoms with van der Waals surface area (Å²) >= 11 is 3.36. The monoisotopic (exact) mass is 400 g/mol. The van der Waals surface area contributed by atoms with Gasteiger partial charge in [0.05, 0.1) is 17.7 Å². The van der Waals surface area contributed by atoms with Gasteiger partial charge < -0.3 is 10.1 Å². The van der Waals surface area contributed by atoms with Gasteiger partial charge in [0.1, 0.15) is 5.75 Å². The van der Waals surface area contributed by atoms with Crippen LogP contribution in [-0.2, 0) is 20.6 Å². The highest BCUT2D eigenvalue weighted by molar-refractivity contribution is 7.98. The van der Waals surface area contributed by atoms with Crippen LogP contribution in [-0.4, -0.2) is 33.7 Å².